The van der Waals surface area contributed by atoms with Gasteiger partial charge in [0, 0.05) is 24.1 Å². The molecule has 0 bridgehead atoms. The molecular weight excluding hydrogens is 338 g/mol. The van der Waals surface area contributed by atoms with Gasteiger partial charge in [-0.15, -0.1) is 0 Å². The zero-order valence-electron chi connectivity index (χ0n) is 16.1. The molecule has 1 amide bonds. The van der Waals surface area contributed by atoms with Crippen molar-refractivity contribution in [2.45, 2.75) is 51.9 Å². The van der Waals surface area contributed by atoms with Crippen LogP contribution < -0.4 is 10.1 Å². The summed E-state index contributed by atoms with van der Waals surface area (Å²) >= 11 is 0. The SMILES string of the molecule is CCCCCCOc1ccc(NC(=O)CCCC(=O)c2ccccc2)cc1. The summed E-state index contributed by atoms with van der Waals surface area (Å²) in [6, 6.07) is 16.6. The van der Waals surface area contributed by atoms with Crippen molar-refractivity contribution in [1.82, 2.24) is 0 Å². The second-order valence-electron chi connectivity index (χ2n) is 6.62. The van der Waals surface area contributed by atoms with Gasteiger partial charge >= 0.3 is 0 Å². The highest BCUT2D eigenvalue weighted by molar-refractivity contribution is 5.96. The maximum Gasteiger partial charge on any atom is 0.224 e. The fourth-order valence-corrected chi connectivity index (χ4v) is 2.75. The molecule has 0 unspecified atom stereocenters. The average Bonchev–Trinajstić information content (AvgIpc) is 2.69. The third-order valence-corrected chi connectivity index (χ3v) is 4.31. The van der Waals surface area contributed by atoms with Crippen molar-refractivity contribution in [1.29, 1.82) is 0 Å². The van der Waals surface area contributed by atoms with Crippen molar-refractivity contribution >= 4 is 17.4 Å². The minimum Gasteiger partial charge on any atom is -0.494 e. The number of benzene rings is 2. The Morgan fingerprint density at radius 2 is 1.59 bits per heavy atom. The molecule has 1 N–H and O–H groups in total. The number of rotatable bonds is 12. The number of amides is 1. The van der Waals surface area contributed by atoms with Crippen LogP contribution in [-0.4, -0.2) is 18.3 Å². The number of carbonyl (C=O) groups excluding carboxylic acids is 2. The first-order valence-corrected chi connectivity index (χ1v) is 9.80. The standard InChI is InChI=1S/C23H29NO3/c1-2-3-4-8-18-27-21-16-14-20(15-17-21)24-23(26)13-9-12-22(25)19-10-6-5-7-11-19/h5-7,10-11,14-17H,2-4,8-9,12-13,18H2,1H3,(H,24,26). The number of ether oxygens (including phenoxy) is 1. The Morgan fingerprint density at radius 1 is 0.852 bits per heavy atom. The van der Waals surface area contributed by atoms with Gasteiger partial charge in [0.25, 0.3) is 0 Å². The Bertz CT molecular complexity index is 695. The van der Waals surface area contributed by atoms with E-state index >= 15 is 0 Å². The van der Waals surface area contributed by atoms with Crippen LogP contribution in [0.15, 0.2) is 54.6 Å². The van der Waals surface area contributed by atoms with E-state index in [1.807, 2.05) is 42.5 Å². The molecule has 0 aliphatic carbocycles. The maximum atomic E-state index is 12.0. The number of unbranched alkanes of at least 4 members (excludes halogenated alkanes) is 3. The molecular formula is C23H29NO3. The number of nitrogens with one attached hydrogen (secondary N) is 1. The molecule has 144 valence electrons. The minimum absolute atomic E-state index is 0.0730. The van der Waals surface area contributed by atoms with Gasteiger partial charge in [-0.25, -0.2) is 0 Å². The number of hydrogen-bond acceptors (Lipinski definition) is 3. The van der Waals surface area contributed by atoms with Gasteiger partial charge in [-0.2, -0.15) is 0 Å². The third-order valence-electron chi connectivity index (χ3n) is 4.31. The van der Waals surface area contributed by atoms with E-state index < -0.39 is 0 Å². The molecule has 0 atom stereocenters. The topological polar surface area (TPSA) is 55.4 Å². The number of ketones is 1. The van der Waals surface area contributed by atoms with Crippen LogP contribution >= 0.6 is 0 Å². The summed E-state index contributed by atoms with van der Waals surface area (Å²) in [4.78, 5) is 24.1. The van der Waals surface area contributed by atoms with Crippen molar-refractivity contribution in [3.63, 3.8) is 0 Å². The van der Waals surface area contributed by atoms with Gasteiger partial charge in [0.1, 0.15) is 5.75 Å². The maximum absolute atomic E-state index is 12.0. The predicted octanol–water partition coefficient (Wildman–Crippen LogP) is 5.64. The van der Waals surface area contributed by atoms with Crippen LogP contribution in [-0.2, 0) is 4.79 Å². The molecule has 2 aromatic rings. The molecule has 0 radical (unpaired) electrons. The predicted molar refractivity (Wildman–Crippen MR) is 109 cm³/mol. The molecule has 0 heterocycles. The van der Waals surface area contributed by atoms with Gasteiger partial charge in [0.2, 0.25) is 5.91 Å². The molecule has 2 rings (SSSR count). The lowest BCUT2D eigenvalue weighted by atomic mass is 10.1. The molecule has 4 heteroatoms. The molecule has 27 heavy (non-hydrogen) atoms. The molecule has 0 aromatic heterocycles. The third kappa shape index (κ3) is 8.07. The van der Waals surface area contributed by atoms with Crippen LogP contribution in [0.2, 0.25) is 0 Å². The Hall–Kier alpha value is -2.62. The average molecular weight is 367 g/mol. The molecule has 4 nitrogen and oxygen atoms in total. The molecule has 0 saturated heterocycles. The second-order valence-corrected chi connectivity index (χ2v) is 6.62. The molecule has 0 spiro atoms. The van der Waals surface area contributed by atoms with E-state index in [0.29, 0.717) is 24.8 Å². The summed E-state index contributed by atoms with van der Waals surface area (Å²) in [5.41, 5.74) is 1.44. The van der Waals surface area contributed by atoms with Crippen LogP contribution in [0.1, 0.15) is 62.2 Å². The fraction of sp³-hybridized carbons (Fsp3) is 0.391. The summed E-state index contributed by atoms with van der Waals surface area (Å²) in [5.74, 6) is 0.811. The first-order valence-electron chi connectivity index (χ1n) is 9.80. The zero-order valence-corrected chi connectivity index (χ0v) is 16.1. The summed E-state index contributed by atoms with van der Waals surface area (Å²) in [5, 5.41) is 2.86. The van der Waals surface area contributed by atoms with Crippen LogP contribution in [0, 0.1) is 0 Å². The van der Waals surface area contributed by atoms with E-state index in [4.69, 9.17) is 4.74 Å². The van der Waals surface area contributed by atoms with Crippen LogP contribution in [0.25, 0.3) is 0 Å². The first kappa shape index (κ1) is 20.7. The van der Waals surface area contributed by atoms with E-state index in [-0.39, 0.29) is 11.7 Å². The monoisotopic (exact) mass is 367 g/mol. The number of hydrogen-bond donors (Lipinski definition) is 1. The van der Waals surface area contributed by atoms with Crippen molar-refractivity contribution in [3.8, 4) is 5.75 Å². The van der Waals surface area contributed by atoms with Crippen molar-refractivity contribution < 1.29 is 14.3 Å². The highest BCUT2D eigenvalue weighted by atomic mass is 16.5. The molecule has 0 aliphatic rings. The highest BCUT2D eigenvalue weighted by Gasteiger charge is 2.08. The van der Waals surface area contributed by atoms with Gasteiger partial charge in [0.15, 0.2) is 5.78 Å². The summed E-state index contributed by atoms with van der Waals surface area (Å²) < 4.78 is 5.70. The normalized spacial score (nSPS) is 10.4. The van der Waals surface area contributed by atoms with Crippen molar-refractivity contribution in [2.24, 2.45) is 0 Å². The van der Waals surface area contributed by atoms with Crippen LogP contribution in [0.5, 0.6) is 5.75 Å². The fourth-order valence-electron chi connectivity index (χ4n) is 2.75. The number of anilines is 1. The summed E-state index contributed by atoms with van der Waals surface area (Å²) in [6.45, 7) is 2.91. The van der Waals surface area contributed by atoms with Crippen molar-refractivity contribution in [2.75, 3.05) is 11.9 Å². The molecule has 0 saturated carbocycles. The molecule has 2 aromatic carbocycles. The van der Waals surface area contributed by atoms with E-state index in [1.165, 1.54) is 19.3 Å². The zero-order chi connectivity index (χ0) is 19.3. The Morgan fingerprint density at radius 3 is 2.30 bits per heavy atom. The van der Waals surface area contributed by atoms with Crippen molar-refractivity contribution in [3.05, 3.63) is 60.2 Å². The Kier molecular flexibility index (Phi) is 9.11. The molecule has 0 aliphatic heterocycles. The number of Topliss-reactive ketones (excluding diaryl/α,β-unsaturated/α-hetero) is 1. The molecule has 0 fully saturated rings. The van der Waals surface area contributed by atoms with E-state index in [0.717, 1.165) is 24.5 Å². The van der Waals surface area contributed by atoms with Gasteiger partial charge in [0.05, 0.1) is 6.61 Å². The summed E-state index contributed by atoms with van der Waals surface area (Å²) in [7, 11) is 0. The van der Waals surface area contributed by atoms with Gasteiger partial charge in [-0.3, -0.25) is 9.59 Å². The number of carbonyl (C=O) groups is 2. The largest absolute Gasteiger partial charge is 0.494 e. The highest BCUT2D eigenvalue weighted by Crippen LogP contribution is 2.17. The minimum atomic E-state index is -0.0795. The Labute approximate surface area is 161 Å². The quantitative estimate of drug-likeness (QED) is 0.390. The lowest BCUT2D eigenvalue weighted by Crippen LogP contribution is -2.12. The van der Waals surface area contributed by atoms with Crippen LogP contribution in [0.3, 0.4) is 0 Å². The smallest absolute Gasteiger partial charge is 0.224 e. The summed E-state index contributed by atoms with van der Waals surface area (Å²) in [6.07, 6.45) is 5.96. The van der Waals surface area contributed by atoms with Gasteiger partial charge in [-0.05, 0) is 37.1 Å². The van der Waals surface area contributed by atoms with E-state index in [1.54, 1.807) is 12.1 Å². The van der Waals surface area contributed by atoms with Crippen LogP contribution in [0.4, 0.5) is 5.69 Å². The Balaban J connectivity index is 1.65. The first-order chi connectivity index (χ1) is 13.2. The van der Waals surface area contributed by atoms with E-state index in [2.05, 4.69) is 12.2 Å². The van der Waals surface area contributed by atoms with Gasteiger partial charge < -0.3 is 10.1 Å². The lowest BCUT2D eigenvalue weighted by molar-refractivity contribution is -0.116. The second kappa shape index (κ2) is 11.9. The van der Waals surface area contributed by atoms with E-state index in [9.17, 15) is 9.59 Å². The van der Waals surface area contributed by atoms with Gasteiger partial charge in [-0.1, -0.05) is 56.5 Å². The lowest BCUT2D eigenvalue weighted by Gasteiger charge is -2.08.